The van der Waals surface area contributed by atoms with Gasteiger partial charge >= 0.3 is 0 Å². The fraction of sp³-hybridized carbons (Fsp3) is 0.355. The standard InChI is InChI=1S/C31H37N9O2/c1-22(2)34-30(32)23-5-7-26(8-6-23)35-29-20-27(36-31(37-29)39-13-17-42-18-14-39)24-3-4-25-21-33-40(28(25)19-24)10-9-38-11-15-41-16-12-38/h3-8,19-21H,1,9-18H2,2H3,(H2,32,34)(H,35,36,37). The molecule has 11 nitrogen and oxygen atoms in total. The molecule has 2 aliphatic rings. The smallest absolute Gasteiger partial charge is 0.228 e. The minimum atomic E-state index is 0.313. The van der Waals surface area contributed by atoms with E-state index in [0.717, 1.165) is 91.6 Å². The predicted octanol–water partition coefficient (Wildman–Crippen LogP) is 3.85. The molecule has 2 aromatic heterocycles. The molecule has 0 atom stereocenters. The lowest BCUT2D eigenvalue weighted by atomic mass is 10.1. The second-order valence-electron chi connectivity index (χ2n) is 10.6. The number of nitrogens with zero attached hydrogens (tertiary/aromatic N) is 6. The molecule has 42 heavy (non-hydrogen) atoms. The van der Waals surface area contributed by atoms with E-state index >= 15 is 0 Å². The van der Waals surface area contributed by atoms with Crippen LogP contribution in [0.2, 0.25) is 0 Å². The van der Waals surface area contributed by atoms with Crippen molar-refractivity contribution in [3.05, 3.63) is 72.6 Å². The molecule has 0 amide bonds. The van der Waals surface area contributed by atoms with Gasteiger partial charge in [0.2, 0.25) is 5.95 Å². The summed E-state index contributed by atoms with van der Waals surface area (Å²) in [6.45, 7) is 13.7. The lowest BCUT2D eigenvalue weighted by Crippen LogP contribution is -2.38. The van der Waals surface area contributed by atoms with Gasteiger partial charge in [-0.3, -0.25) is 15.0 Å². The van der Waals surface area contributed by atoms with Gasteiger partial charge in [-0.1, -0.05) is 18.7 Å². The third-order valence-electron chi connectivity index (χ3n) is 7.46. The minimum absolute atomic E-state index is 0.313. The fourth-order valence-corrected chi connectivity index (χ4v) is 5.17. The number of hydrogen-bond donors (Lipinski definition) is 3. The van der Waals surface area contributed by atoms with E-state index < -0.39 is 0 Å². The lowest BCUT2D eigenvalue weighted by molar-refractivity contribution is 0.0361. The first-order valence-corrected chi connectivity index (χ1v) is 14.4. The SMILES string of the molecule is C=C(C)NC(=N)c1ccc(Nc2cc(-c3ccc4cnn(CCN5CCOCC5)c4c3)nc(N3CCOCC3)n2)cc1. The van der Waals surface area contributed by atoms with Crippen molar-refractivity contribution >= 4 is 34.2 Å². The van der Waals surface area contributed by atoms with E-state index in [1.54, 1.807) is 0 Å². The van der Waals surface area contributed by atoms with Gasteiger partial charge in [-0.25, -0.2) is 4.98 Å². The Morgan fingerprint density at radius 3 is 2.40 bits per heavy atom. The first-order chi connectivity index (χ1) is 20.5. The van der Waals surface area contributed by atoms with Crippen molar-refractivity contribution in [1.29, 1.82) is 5.41 Å². The average Bonchev–Trinajstić information content (AvgIpc) is 3.43. The Hall–Kier alpha value is -4.32. The van der Waals surface area contributed by atoms with E-state index in [1.807, 2.05) is 43.5 Å². The van der Waals surface area contributed by atoms with Gasteiger partial charge < -0.3 is 25.0 Å². The molecule has 0 bridgehead atoms. The Labute approximate surface area is 245 Å². The number of rotatable bonds is 9. The third-order valence-corrected chi connectivity index (χ3v) is 7.46. The van der Waals surface area contributed by atoms with Gasteiger partial charge in [0.15, 0.2) is 0 Å². The van der Waals surface area contributed by atoms with Gasteiger partial charge in [0.1, 0.15) is 11.7 Å². The molecule has 4 heterocycles. The van der Waals surface area contributed by atoms with E-state index in [1.165, 1.54) is 0 Å². The van der Waals surface area contributed by atoms with E-state index in [4.69, 9.17) is 24.9 Å². The van der Waals surface area contributed by atoms with Crippen molar-refractivity contribution < 1.29 is 9.47 Å². The number of hydrogen-bond acceptors (Lipinski definition) is 9. The molecule has 218 valence electrons. The van der Waals surface area contributed by atoms with Crippen LogP contribution in [0.25, 0.3) is 22.2 Å². The molecule has 6 rings (SSSR count). The number of morpholine rings is 2. The number of allylic oxidation sites excluding steroid dienone is 1. The molecule has 3 N–H and O–H groups in total. The summed E-state index contributed by atoms with van der Waals surface area (Å²) < 4.78 is 13.2. The van der Waals surface area contributed by atoms with Crippen molar-refractivity contribution in [3.8, 4) is 11.3 Å². The lowest BCUT2D eigenvalue weighted by Gasteiger charge is -2.27. The number of anilines is 3. The van der Waals surface area contributed by atoms with Gasteiger partial charge in [-0.15, -0.1) is 0 Å². The van der Waals surface area contributed by atoms with E-state index in [2.05, 4.69) is 55.0 Å². The van der Waals surface area contributed by atoms with Crippen LogP contribution in [0.4, 0.5) is 17.5 Å². The first-order valence-electron chi connectivity index (χ1n) is 14.4. The molecule has 2 fully saturated rings. The Kier molecular flexibility index (Phi) is 8.40. The summed E-state index contributed by atoms with van der Waals surface area (Å²) >= 11 is 0. The molecule has 4 aromatic rings. The van der Waals surface area contributed by atoms with Crippen LogP contribution < -0.4 is 15.5 Å². The summed E-state index contributed by atoms with van der Waals surface area (Å²) in [5, 5.41) is 20.4. The van der Waals surface area contributed by atoms with Gasteiger partial charge in [0.25, 0.3) is 0 Å². The number of aromatic nitrogens is 4. The van der Waals surface area contributed by atoms with Gasteiger partial charge in [-0.05, 0) is 37.3 Å². The van der Waals surface area contributed by atoms with Crippen LogP contribution in [0.1, 0.15) is 12.5 Å². The Balaban J connectivity index is 1.28. The summed E-state index contributed by atoms with van der Waals surface area (Å²) in [4.78, 5) is 14.5. The summed E-state index contributed by atoms with van der Waals surface area (Å²) in [6.07, 6.45) is 1.93. The molecule has 0 unspecified atom stereocenters. The van der Waals surface area contributed by atoms with Crippen LogP contribution in [0.5, 0.6) is 0 Å². The van der Waals surface area contributed by atoms with Crippen molar-refractivity contribution in [2.24, 2.45) is 0 Å². The molecule has 11 heteroatoms. The average molecular weight is 568 g/mol. The van der Waals surface area contributed by atoms with Crippen molar-refractivity contribution in [3.63, 3.8) is 0 Å². The molecule has 0 spiro atoms. The van der Waals surface area contributed by atoms with Gasteiger partial charge in [0, 0.05) is 66.7 Å². The van der Waals surface area contributed by atoms with Crippen LogP contribution in [-0.4, -0.2) is 89.6 Å². The maximum Gasteiger partial charge on any atom is 0.228 e. The zero-order valence-electron chi connectivity index (χ0n) is 24.0. The minimum Gasteiger partial charge on any atom is -0.379 e. The van der Waals surface area contributed by atoms with Crippen LogP contribution in [-0.2, 0) is 16.0 Å². The predicted molar refractivity (Wildman–Crippen MR) is 166 cm³/mol. The highest BCUT2D eigenvalue weighted by Gasteiger charge is 2.18. The van der Waals surface area contributed by atoms with E-state index in [9.17, 15) is 0 Å². The Morgan fingerprint density at radius 2 is 1.67 bits per heavy atom. The maximum absolute atomic E-state index is 8.21. The number of fused-ring (bicyclic) bond motifs is 1. The zero-order valence-corrected chi connectivity index (χ0v) is 24.0. The van der Waals surface area contributed by atoms with Crippen molar-refractivity contribution in [2.75, 3.05) is 69.4 Å². The Morgan fingerprint density at radius 1 is 0.929 bits per heavy atom. The molecular formula is C31H37N9O2. The van der Waals surface area contributed by atoms with Crippen LogP contribution >= 0.6 is 0 Å². The van der Waals surface area contributed by atoms with Crippen LogP contribution in [0.3, 0.4) is 0 Å². The molecule has 2 aliphatic heterocycles. The normalized spacial score (nSPS) is 16.0. The number of nitrogens with one attached hydrogen (secondary N) is 3. The monoisotopic (exact) mass is 567 g/mol. The molecule has 0 radical (unpaired) electrons. The molecule has 0 aliphatic carbocycles. The summed E-state index contributed by atoms with van der Waals surface area (Å²) in [5.41, 5.74) is 5.30. The Bertz CT molecular complexity index is 1550. The summed E-state index contributed by atoms with van der Waals surface area (Å²) in [6, 6.07) is 16.1. The number of amidine groups is 1. The van der Waals surface area contributed by atoms with Gasteiger partial charge in [-0.2, -0.15) is 10.1 Å². The van der Waals surface area contributed by atoms with Crippen LogP contribution in [0.15, 0.2) is 67.0 Å². The maximum atomic E-state index is 8.21. The molecule has 2 aromatic carbocycles. The zero-order chi connectivity index (χ0) is 28.9. The first kappa shape index (κ1) is 27.8. The van der Waals surface area contributed by atoms with Gasteiger partial charge in [0.05, 0.1) is 50.4 Å². The highest BCUT2D eigenvalue weighted by molar-refractivity contribution is 5.97. The number of ether oxygens (including phenoxy) is 2. The third kappa shape index (κ3) is 6.59. The molecular weight excluding hydrogens is 530 g/mol. The summed E-state index contributed by atoms with van der Waals surface area (Å²) in [5.74, 6) is 1.68. The molecule has 2 saturated heterocycles. The van der Waals surface area contributed by atoms with E-state index in [-0.39, 0.29) is 0 Å². The largest absolute Gasteiger partial charge is 0.379 e. The fourth-order valence-electron chi connectivity index (χ4n) is 5.17. The highest BCUT2D eigenvalue weighted by atomic mass is 16.5. The second kappa shape index (κ2) is 12.7. The van der Waals surface area contributed by atoms with Crippen molar-refractivity contribution in [1.82, 2.24) is 30.0 Å². The highest BCUT2D eigenvalue weighted by Crippen LogP contribution is 2.28. The topological polar surface area (TPSA) is 116 Å². The second-order valence-corrected chi connectivity index (χ2v) is 10.6. The van der Waals surface area contributed by atoms with E-state index in [0.29, 0.717) is 30.8 Å². The quantitative estimate of drug-likeness (QED) is 0.205. The van der Waals surface area contributed by atoms with Crippen molar-refractivity contribution in [2.45, 2.75) is 13.5 Å². The summed E-state index contributed by atoms with van der Waals surface area (Å²) in [7, 11) is 0. The number of benzene rings is 2. The van der Waals surface area contributed by atoms with Crippen LogP contribution in [0, 0.1) is 5.41 Å². The molecule has 0 saturated carbocycles.